The first kappa shape index (κ1) is 15.2. The zero-order valence-electron chi connectivity index (χ0n) is 11.8. The molecule has 1 aromatic carbocycles. The predicted octanol–water partition coefficient (Wildman–Crippen LogP) is 2.07. The van der Waals surface area contributed by atoms with Crippen LogP contribution in [0.5, 0.6) is 5.75 Å². The Morgan fingerprint density at radius 2 is 1.74 bits per heavy atom. The normalized spacial score (nSPS) is 10.1. The van der Waals surface area contributed by atoms with E-state index in [2.05, 4.69) is 0 Å². The molecule has 1 rings (SSSR count). The molecule has 0 N–H and O–H groups in total. The lowest BCUT2D eigenvalue weighted by molar-refractivity contribution is -0.129. The van der Waals surface area contributed by atoms with Gasteiger partial charge < -0.3 is 14.4 Å². The van der Waals surface area contributed by atoms with Crippen LogP contribution in [-0.4, -0.2) is 37.3 Å². The fourth-order valence-electron chi connectivity index (χ4n) is 1.55. The average Bonchev–Trinajstić information content (AvgIpc) is 2.37. The topological polar surface area (TPSA) is 46.6 Å². The summed E-state index contributed by atoms with van der Waals surface area (Å²) in [6.45, 7) is 1.98. The van der Waals surface area contributed by atoms with Crippen molar-refractivity contribution in [1.29, 1.82) is 0 Å². The van der Waals surface area contributed by atoms with Crippen molar-refractivity contribution in [3.8, 4) is 5.75 Å². The first-order valence-corrected chi connectivity index (χ1v) is 6.40. The van der Waals surface area contributed by atoms with Gasteiger partial charge >= 0.3 is 0 Å². The Bertz CT molecular complexity index is 424. The molecule has 0 saturated carbocycles. The van der Waals surface area contributed by atoms with Gasteiger partial charge in [-0.3, -0.25) is 4.79 Å². The molecule has 0 aromatic heterocycles. The molecule has 4 nitrogen and oxygen atoms in total. The minimum absolute atomic E-state index is 0.0538. The second-order valence-electron chi connectivity index (χ2n) is 4.73. The lowest BCUT2D eigenvalue weighted by atomic mass is 10.1. The Morgan fingerprint density at radius 3 is 2.26 bits per heavy atom. The highest BCUT2D eigenvalue weighted by Gasteiger charge is 2.04. The summed E-state index contributed by atoms with van der Waals surface area (Å²) >= 11 is 0. The van der Waals surface area contributed by atoms with Crippen molar-refractivity contribution >= 4 is 11.7 Å². The number of carbonyl (C=O) groups excluding carboxylic acids is 2. The summed E-state index contributed by atoms with van der Waals surface area (Å²) in [5, 5.41) is 0. The number of Topliss-reactive ketones (excluding diaryl/α,β-unsaturated/α-hetero) is 1. The van der Waals surface area contributed by atoms with Gasteiger partial charge in [0, 0.05) is 20.5 Å². The number of ketones is 1. The molecule has 19 heavy (non-hydrogen) atoms. The molecule has 0 unspecified atom stereocenters. The van der Waals surface area contributed by atoms with Crippen molar-refractivity contribution < 1.29 is 14.3 Å². The van der Waals surface area contributed by atoms with Gasteiger partial charge in [0.25, 0.3) is 0 Å². The monoisotopic (exact) mass is 263 g/mol. The molecule has 0 spiro atoms. The minimum atomic E-state index is 0.0538. The molecule has 0 aliphatic heterocycles. The summed E-state index contributed by atoms with van der Waals surface area (Å²) in [5.41, 5.74) is 1.12. The number of nitrogens with zero attached hydrogens (tertiary/aromatic N) is 1. The van der Waals surface area contributed by atoms with E-state index >= 15 is 0 Å². The minimum Gasteiger partial charge on any atom is -0.493 e. The zero-order valence-corrected chi connectivity index (χ0v) is 11.8. The molecular formula is C15H21NO3. The van der Waals surface area contributed by atoms with Crippen molar-refractivity contribution in [2.75, 3.05) is 20.7 Å². The van der Waals surface area contributed by atoms with Gasteiger partial charge in [0.2, 0.25) is 5.91 Å². The van der Waals surface area contributed by atoms with Crippen LogP contribution >= 0.6 is 0 Å². The SMILES string of the molecule is CC(=O)CCc1ccc(OCCC(=O)N(C)C)cc1. The van der Waals surface area contributed by atoms with Crippen molar-refractivity contribution in [2.24, 2.45) is 0 Å². The molecule has 0 aliphatic rings. The summed E-state index contributed by atoms with van der Waals surface area (Å²) in [6.07, 6.45) is 1.70. The number of rotatable bonds is 7. The van der Waals surface area contributed by atoms with Crippen molar-refractivity contribution in [2.45, 2.75) is 26.2 Å². The summed E-state index contributed by atoms with van der Waals surface area (Å²) < 4.78 is 5.49. The van der Waals surface area contributed by atoms with E-state index in [-0.39, 0.29) is 11.7 Å². The maximum absolute atomic E-state index is 11.4. The third-order valence-corrected chi connectivity index (χ3v) is 2.77. The van der Waals surface area contributed by atoms with Gasteiger partial charge in [-0.05, 0) is 31.0 Å². The van der Waals surface area contributed by atoms with Gasteiger partial charge in [0.15, 0.2) is 0 Å². The molecule has 4 heteroatoms. The first-order valence-electron chi connectivity index (χ1n) is 6.40. The van der Waals surface area contributed by atoms with Gasteiger partial charge in [-0.25, -0.2) is 0 Å². The molecule has 1 aromatic rings. The smallest absolute Gasteiger partial charge is 0.225 e. The van der Waals surface area contributed by atoms with Gasteiger partial charge in [0.05, 0.1) is 13.0 Å². The van der Waals surface area contributed by atoms with Crippen LogP contribution in [0.2, 0.25) is 0 Å². The van der Waals surface area contributed by atoms with E-state index in [0.29, 0.717) is 19.4 Å². The van der Waals surface area contributed by atoms with Crippen LogP contribution in [0.15, 0.2) is 24.3 Å². The maximum Gasteiger partial charge on any atom is 0.225 e. The van der Waals surface area contributed by atoms with Crippen LogP contribution in [0, 0.1) is 0 Å². The summed E-state index contributed by atoms with van der Waals surface area (Å²) in [5.74, 6) is 0.999. The Morgan fingerprint density at radius 1 is 1.11 bits per heavy atom. The lowest BCUT2D eigenvalue weighted by Gasteiger charge is -2.11. The van der Waals surface area contributed by atoms with Gasteiger partial charge in [-0.2, -0.15) is 0 Å². The lowest BCUT2D eigenvalue weighted by Crippen LogP contribution is -2.23. The van der Waals surface area contributed by atoms with Gasteiger partial charge in [0.1, 0.15) is 11.5 Å². The molecule has 0 bridgehead atoms. The van der Waals surface area contributed by atoms with E-state index in [1.807, 2.05) is 24.3 Å². The third kappa shape index (κ3) is 6.04. The van der Waals surface area contributed by atoms with Crippen LogP contribution in [0.3, 0.4) is 0 Å². The predicted molar refractivity (Wildman–Crippen MR) is 74.3 cm³/mol. The number of aryl methyl sites for hydroxylation is 1. The Hall–Kier alpha value is -1.84. The summed E-state index contributed by atoms with van der Waals surface area (Å²) in [6, 6.07) is 7.64. The van der Waals surface area contributed by atoms with Crippen LogP contribution in [-0.2, 0) is 16.0 Å². The number of benzene rings is 1. The molecule has 0 fully saturated rings. The third-order valence-electron chi connectivity index (χ3n) is 2.77. The van der Waals surface area contributed by atoms with E-state index in [0.717, 1.165) is 17.7 Å². The average molecular weight is 263 g/mol. The van der Waals surface area contributed by atoms with E-state index in [9.17, 15) is 9.59 Å². The molecular weight excluding hydrogens is 242 g/mol. The van der Waals surface area contributed by atoms with Gasteiger partial charge in [-0.15, -0.1) is 0 Å². The Kier molecular flexibility index (Phi) is 6.06. The molecule has 0 heterocycles. The van der Waals surface area contributed by atoms with Crippen LogP contribution in [0.1, 0.15) is 25.3 Å². The van der Waals surface area contributed by atoms with E-state index in [4.69, 9.17) is 4.74 Å². The van der Waals surface area contributed by atoms with Crippen molar-refractivity contribution in [3.05, 3.63) is 29.8 Å². The molecule has 0 radical (unpaired) electrons. The number of carbonyl (C=O) groups is 2. The second-order valence-corrected chi connectivity index (χ2v) is 4.73. The number of ether oxygens (including phenoxy) is 1. The molecule has 1 amide bonds. The summed E-state index contributed by atoms with van der Waals surface area (Å²) in [4.78, 5) is 23.8. The quantitative estimate of drug-likeness (QED) is 0.756. The molecule has 0 aliphatic carbocycles. The Labute approximate surface area is 114 Å². The second kappa shape index (κ2) is 7.56. The van der Waals surface area contributed by atoms with Crippen LogP contribution in [0.25, 0.3) is 0 Å². The Balaban J connectivity index is 2.36. The highest BCUT2D eigenvalue weighted by molar-refractivity contribution is 5.76. The fourth-order valence-corrected chi connectivity index (χ4v) is 1.55. The van der Waals surface area contributed by atoms with Gasteiger partial charge in [-0.1, -0.05) is 12.1 Å². The number of hydrogen-bond acceptors (Lipinski definition) is 3. The highest BCUT2D eigenvalue weighted by Crippen LogP contribution is 2.13. The maximum atomic E-state index is 11.4. The molecule has 0 saturated heterocycles. The number of hydrogen-bond donors (Lipinski definition) is 0. The van der Waals surface area contributed by atoms with Crippen molar-refractivity contribution in [3.63, 3.8) is 0 Å². The van der Waals surface area contributed by atoms with Crippen molar-refractivity contribution in [1.82, 2.24) is 4.90 Å². The van der Waals surface area contributed by atoms with Crippen LogP contribution in [0.4, 0.5) is 0 Å². The van der Waals surface area contributed by atoms with E-state index in [1.165, 1.54) is 0 Å². The molecule has 104 valence electrons. The largest absolute Gasteiger partial charge is 0.493 e. The van der Waals surface area contributed by atoms with E-state index < -0.39 is 0 Å². The zero-order chi connectivity index (χ0) is 14.3. The fraction of sp³-hybridized carbons (Fsp3) is 0.467. The first-order chi connectivity index (χ1) is 8.99. The summed E-state index contributed by atoms with van der Waals surface area (Å²) in [7, 11) is 3.46. The van der Waals surface area contributed by atoms with Crippen LogP contribution < -0.4 is 4.74 Å². The standard InChI is InChI=1S/C15H21NO3/c1-12(17)4-5-13-6-8-14(9-7-13)19-11-10-15(18)16(2)3/h6-9H,4-5,10-11H2,1-3H3. The highest BCUT2D eigenvalue weighted by atomic mass is 16.5. The number of amides is 1. The van der Waals surface area contributed by atoms with E-state index in [1.54, 1.807) is 25.9 Å². The molecule has 0 atom stereocenters.